The highest BCUT2D eigenvalue weighted by molar-refractivity contribution is 7.89. The molecule has 0 aromatic heterocycles. The fourth-order valence-corrected chi connectivity index (χ4v) is 3.89. The van der Waals surface area contributed by atoms with Gasteiger partial charge in [-0.15, -0.1) is 0 Å². The molecule has 5 nitrogen and oxygen atoms in total. The molecular weight excluding hydrogens is 285 g/mol. The number of rotatable bonds is 5. The normalized spacial score (nSPS) is 12.2. The lowest BCUT2D eigenvalue weighted by Gasteiger charge is -2.25. The second-order valence-corrected chi connectivity index (χ2v) is 6.55. The van der Waals surface area contributed by atoms with Gasteiger partial charge in [0.25, 0.3) is 0 Å². The highest BCUT2D eigenvalue weighted by atomic mass is 32.2. The molecule has 112 valence electrons. The molecule has 0 aliphatic heterocycles. The Hall–Kier alpha value is -1.47. The number of aromatic carboxylic acids is 1. The lowest BCUT2D eigenvalue weighted by molar-refractivity contribution is 0.0696. The largest absolute Gasteiger partial charge is 0.478 e. The van der Waals surface area contributed by atoms with Gasteiger partial charge in [0.1, 0.15) is 5.82 Å². The Labute approximate surface area is 118 Å². The zero-order chi connectivity index (χ0) is 15.7. The molecular formula is C13H18FNO4S. The van der Waals surface area contributed by atoms with E-state index in [0.29, 0.717) is 0 Å². The van der Waals surface area contributed by atoms with Crippen molar-refractivity contribution in [3.05, 3.63) is 29.1 Å². The fraction of sp³-hybridized carbons (Fsp3) is 0.462. The average molecular weight is 303 g/mol. The van der Waals surface area contributed by atoms with Gasteiger partial charge in [-0.3, -0.25) is 0 Å². The van der Waals surface area contributed by atoms with Crippen LogP contribution in [0.25, 0.3) is 0 Å². The molecule has 7 heteroatoms. The Balaban J connectivity index is 3.56. The van der Waals surface area contributed by atoms with Crippen LogP contribution in [0.15, 0.2) is 17.0 Å². The van der Waals surface area contributed by atoms with Crippen LogP contribution in [-0.2, 0) is 10.0 Å². The Morgan fingerprint density at radius 1 is 1.40 bits per heavy atom. The maximum Gasteiger partial charge on any atom is 0.335 e. The summed E-state index contributed by atoms with van der Waals surface area (Å²) in [6.07, 6.45) is 0. The molecule has 0 saturated carbocycles. The molecule has 0 atom stereocenters. The van der Waals surface area contributed by atoms with Gasteiger partial charge in [-0.25, -0.2) is 17.6 Å². The van der Waals surface area contributed by atoms with Gasteiger partial charge in [0.2, 0.25) is 10.0 Å². The number of benzene rings is 1. The molecule has 0 unspecified atom stereocenters. The highest BCUT2D eigenvalue weighted by Gasteiger charge is 2.29. The molecule has 20 heavy (non-hydrogen) atoms. The minimum Gasteiger partial charge on any atom is -0.478 e. The molecule has 0 bridgehead atoms. The molecule has 0 amide bonds. The molecule has 0 spiro atoms. The van der Waals surface area contributed by atoms with Gasteiger partial charge in [0.05, 0.1) is 10.5 Å². The SMILES string of the molecule is CCN(C(C)C)S(=O)(=O)c1cc(C(=O)O)cc(F)c1C. The van der Waals surface area contributed by atoms with Crippen molar-refractivity contribution in [2.75, 3.05) is 6.54 Å². The monoisotopic (exact) mass is 303 g/mol. The second kappa shape index (κ2) is 5.88. The number of hydrogen-bond donors (Lipinski definition) is 1. The molecule has 1 aromatic carbocycles. The van der Waals surface area contributed by atoms with Gasteiger partial charge in [-0.2, -0.15) is 4.31 Å². The van der Waals surface area contributed by atoms with E-state index >= 15 is 0 Å². The molecule has 0 aliphatic rings. The van der Waals surface area contributed by atoms with Crippen molar-refractivity contribution >= 4 is 16.0 Å². The summed E-state index contributed by atoms with van der Waals surface area (Å²) in [6, 6.07) is 1.52. The highest BCUT2D eigenvalue weighted by Crippen LogP contribution is 2.25. The summed E-state index contributed by atoms with van der Waals surface area (Å²) in [5, 5.41) is 8.92. The Bertz CT molecular complexity index is 626. The third-order valence-corrected chi connectivity index (χ3v) is 5.30. The molecule has 0 fully saturated rings. The quantitative estimate of drug-likeness (QED) is 0.905. The van der Waals surface area contributed by atoms with E-state index in [1.54, 1.807) is 20.8 Å². The summed E-state index contributed by atoms with van der Waals surface area (Å²) >= 11 is 0. The number of carboxylic acids is 1. The zero-order valence-corrected chi connectivity index (χ0v) is 12.7. The van der Waals surface area contributed by atoms with Crippen LogP contribution in [0.2, 0.25) is 0 Å². The first kappa shape index (κ1) is 16.6. The molecule has 1 N–H and O–H groups in total. The number of nitrogens with zero attached hydrogens (tertiary/aromatic N) is 1. The van der Waals surface area contributed by atoms with E-state index < -0.39 is 21.8 Å². The zero-order valence-electron chi connectivity index (χ0n) is 11.8. The Morgan fingerprint density at radius 3 is 2.35 bits per heavy atom. The molecule has 0 heterocycles. The van der Waals surface area contributed by atoms with Gasteiger partial charge in [0, 0.05) is 18.2 Å². The second-order valence-electron chi connectivity index (χ2n) is 4.69. The van der Waals surface area contributed by atoms with Crippen molar-refractivity contribution in [3.8, 4) is 0 Å². The topological polar surface area (TPSA) is 74.7 Å². The van der Waals surface area contributed by atoms with E-state index in [0.717, 1.165) is 12.1 Å². The van der Waals surface area contributed by atoms with Gasteiger partial charge in [-0.1, -0.05) is 6.92 Å². The summed E-state index contributed by atoms with van der Waals surface area (Å²) in [7, 11) is -3.93. The van der Waals surface area contributed by atoms with Crippen LogP contribution in [-0.4, -0.2) is 36.4 Å². The molecule has 0 radical (unpaired) electrons. The van der Waals surface area contributed by atoms with Crippen molar-refractivity contribution in [2.24, 2.45) is 0 Å². The molecule has 1 rings (SSSR count). The van der Waals surface area contributed by atoms with Crippen molar-refractivity contribution in [1.29, 1.82) is 0 Å². The van der Waals surface area contributed by atoms with Crippen LogP contribution in [0.5, 0.6) is 0 Å². The van der Waals surface area contributed by atoms with E-state index in [4.69, 9.17) is 5.11 Å². The van der Waals surface area contributed by atoms with Crippen molar-refractivity contribution in [2.45, 2.75) is 38.6 Å². The van der Waals surface area contributed by atoms with E-state index in [9.17, 15) is 17.6 Å². The van der Waals surface area contributed by atoms with Gasteiger partial charge in [0.15, 0.2) is 0 Å². The first-order valence-corrected chi connectivity index (χ1v) is 7.62. The number of halogens is 1. The minimum atomic E-state index is -3.93. The smallest absolute Gasteiger partial charge is 0.335 e. The lowest BCUT2D eigenvalue weighted by Crippen LogP contribution is -2.37. The molecule has 0 saturated heterocycles. The number of sulfonamides is 1. The van der Waals surface area contributed by atoms with Crippen LogP contribution in [0.1, 0.15) is 36.7 Å². The van der Waals surface area contributed by atoms with E-state index in [-0.39, 0.29) is 28.6 Å². The third kappa shape index (κ3) is 2.99. The fourth-order valence-electron chi connectivity index (χ4n) is 1.98. The van der Waals surface area contributed by atoms with E-state index in [2.05, 4.69) is 0 Å². The van der Waals surface area contributed by atoms with Crippen molar-refractivity contribution in [1.82, 2.24) is 4.31 Å². The summed E-state index contributed by atoms with van der Waals surface area (Å²) in [5.74, 6) is -2.21. The van der Waals surface area contributed by atoms with Crippen molar-refractivity contribution < 1.29 is 22.7 Å². The number of carbonyl (C=O) groups is 1. The predicted octanol–water partition coefficient (Wildman–Crippen LogP) is 2.25. The first-order chi connectivity index (χ1) is 9.12. The maximum atomic E-state index is 13.8. The summed E-state index contributed by atoms with van der Waals surface area (Å²) in [5.41, 5.74) is -0.458. The number of carboxylic acid groups (broad SMARTS) is 1. The summed E-state index contributed by atoms with van der Waals surface area (Å²) < 4.78 is 40.0. The predicted molar refractivity (Wildman–Crippen MR) is 72.8 cm³/mol. The van der Waals surface area contributed by atoms with Crippen LogP contribution in [0.4, 0.5) is 4.39 Å². The molecule has 1 aromatic rings. The van der Waals surface area contributed by atoms with Crippen LogP contribution >= 0.6 is 0 Å². The summed E-state index contributed by atoms with van der Waals surface area (Å²) in [6.45, 7) is 6.62. The van der Waals surface area contributed by atoms with Crippen molar-refractivity contribution in [3.63, 3.8) is 0 Å². The average Bonchev–Trinajstić information content (AvgIpc) is 2.31. The van der Waals surface area contributed by atoms with Gasteiger partial charge < -0.3 is 5.11 Å². The third-order valence-electron chi connectivity index (χ3n) is 3.02. The standard InChI is InChI=1S/C13H18FNO4S/c1-5-15(8(2)3)20(18,19)12-7-10(13(16)17)6-11(14)9(12)4/h6-8H,5H2,1-4H3,(H,16,17). The van der Waals surface area contributed by atoms with E-state index in [1.165, 1.54) is 11.2 Å². The summed E-state index contributed by atoms with van der Waals surface area (Å²) in [4.78, 5) is 10.6. The van der Waals surface area contributed by atoms with Crippen LogP contribution in [0.3, 0.4) is 0 Å². The molecule has 0 aliphatic carbocycles. The lowest BCUT2D eigenvalue weighted by atomic mass is 10.1. The maximum absolute atomic E-state index is 13.8. The van der Waals surface area contributed by atoms with E-state index in [1.807, 2.05) is 0 Å². The van der Waals surface area contributed by atoms with Gasteiger partial charge in [-0.05, 0) is 32.9 Å². The first-order valence-electron chi connectivity index (χ1n) is 6.18. The van der Waals surface area contributed by atoms with Gasteiger partial charge >= 0.3 is 5.97 Å². The Kier molecular flexibility index (Phi) is 4.88. The number of hydrogen-bond acceptors (Lipinski definition) is 3. The Morgan fingerprint density at radius 2 is 1.95 bits per heavy atom. The van der Waals surface area contributed by atoms with Crippen LogP contribution in [0, 0.1) is 12.7 Å². The van der Waals surface area contributed by atoms with Crippen LogP contribution < -0.4 is 0 Å². The minimum absolute atomic E-state index is 0.0749.